The third-order valence-corrected chi connectivity index (χ3v) is 4.79. The minimum atomic E-state index is -0.329. The minimum absolute atomic E-state index is 0.0634. The predicted octanol–water partition coefficient (Wildman–Crippen LogP) is 0.212. The van der Waals surface area contributed by atoms with Crippen molar-refractivity contribution < 1.29 is 14.3 Å². The van der Waals surface area contributed by atoms with Crippen molar-refractivity contribution in [2.75, 3.05) is 44.4 Å². The summed E-state index contributed by atoms with van der Waals surface area (Å²) in [7, 11) is 0. The maximum absolute atomic E-state index is 11.9. The van der Waals surface area contributed by atoms with Crippen molar-refractivity contribution in [2.24, 2.45) is 5.73 Å². The van der Waals surface area contributed by atoms with E-state index in [1.165, 1.54) is 11.8 Å². The highest BCUT2D eigenvalue weighted by Gasteiger charge is 2.21. The van der Waals surface area contributed by atoms with Gasteiger partial charge in [-0.2, -0.15) is 0 Å². The van der Waals surface area contributed by atoms with Crippen LogP contribution in [0.25, 0.3) is 0 Å². The Labute approximate surface area is 131 Å². The molecular formula is C14H27N3O3S. The summed E-state index contributed by atoms with van der Waals surface area (Å²) < 4.78 is 5.20. The van der Waals surface area contributed by atoms with Gasteiger partial charge in [0, 0.05) is 25.2 Å². The molecule has 0 spiro atoms. The summed E-state index contributed by atoms with van der Waals surface area (Å²) in [5, 5.41) is 2.85. The van der Waals surface area contributed by atoms with Crippen molar-refractivity contribution >= 4 is 23.6 Å². The second kappa shape index (κ2) is 9.27. The van der Waals surface area contributed by atoms with Crippen LogP contribution in [-0.4, -0.2) is 66.6 Å². The smallest absolute Gasteiger partial charge is 0.232 e. The third kappa shape index (κ3) is 6.67. The van der Waals surface area contributed by atoms with Gasteiger partial charge in [-0.25, -0.2) is 0 Å². The summed E-state index contributed by atoms with van der Waals surface area (Å²) in [5.74, 6) is 0.639. The Balaban J connectivity index is 2.16. The van der Waals surface area contributed by atoms with Gasteiger partial charge in [-0.1, -0.05) is 13.8 Å². The van der Waals surface area contributed by atoms with Crippen LogP contribution < -0.4 is 11.1 Å². The summed E-state index contributed by atoms with van der Waals surface area (Å²) in [6, 6.07) is 0. The lowest BCUT2D eigenvalue weighted by molar-refractivity contribution is -0.132. The first kappa shape index (κ1) is 18.3. The Morgan fingerprint density at radius 2 is 1.86 bits per heavy atom. The Morgan fingerprint density at radius 1 is 1.24 bits per heavy atom. The van der Waals surface area contributed by atoms with E-state index < -0.39 is 0 Å². The van der Waals surface area contributed by atoms with E-state index in [0.29, 0.717) is 44.4 Å². The quantitative estimate of drug-likeness (QED) is 0.669. The monoisotopic (exact) mass is 317 g/mol. The molecular weight excluding hydrogens is 290 g/mol. The molecule has 0 aromatic carbocycles. The fourth-order valence-electron chi connectivity index (χ4n) is 1.96. The van der Waals surface area contributed by atoms with Gasteiger partial charge in [0.05, 0.1) is 24.7 Å². The van der Waals surface area contributed by atoms with Gasteiger partial charge in [-0.15, -0.1) is 11.8 Å². The molecule has 0 aromatic rings. The molecule has 7 heteroatoms. The van der Waals surface area contributed by atoms with Crippen LogP contribution in [0.1, 0.15) is 26.7 Å². The first-order valence-corrected chi connectivity index (χ1v) is 8.65. The van der Waals surface area contributed by atoms with Crippen LogP contribution in [0.15, 0.2) is 0 Å². The standard InChI is InChI=1S/C14H27N3O3S/c1-3-14(15,4-2)11-16-12(18)9-21-10-13(19)17-5-7-20-8-6-17/h3-11,15H2,1-2H3,(H,16,18). The molecule has 1 heterocycles. The molecule has 0 saturated carbocycles. The Kier molecular flexibility index (Phi) is 8.06. The number of ether oxygens (including phenoxy) is 1. The molecule has 1 aliphatic heterocycles. The van der Waals surface area contributed by atoms with E-state index >= 15 is 0 Å². The zero-order chi connectivity index (χ0) is 15.7. The van der Waals surface area contributed by atoms with Crippen LogP contribution in [0.5, 0.6) is 0 Å². The number of nitrogens with zero attached hydrogens (tertiary/aromatic N) is 1. The number of nitrogens with two attached hydrogens (primary N) is 1. The minimum Gasteiger partial charge on any atom is -0.378 e. The number of nitrogens with one attached hydrogen (secondary N) is 1. The molecule has 21 heavy (non-hydrogen) atoms. The molecule has 0 atom stereocenters. The fourth-order valence-corrected chi connectivity index (χ4v) is 2.71. The SMILES string of the molecule is CCC(N)(CC)CNC(=O)CSCC(=O)N1CCOCC1. The van der Waals surface area contributed by atoms with Gasteiger partial charge in [0.1, 0.15) is 0 Å². The number of rotatable bonds is 8. The van der Waals surface area contributed by atoms with Crippen LogP contribution in [-0.2, 0) is 14.3 Å². The number of carbonyl (C=O) groups excluding carboxylic acids is 2. The molecule has 122 valence electrons. The summed E-state index contributed by atoms with van der Waals surface area (Å²) in [6.45, 7) is 7.02. The molecule has 6 nitrogen and oxygen atoms in total. The summed E-state index contributed by atoms with van der Waals surface area (Å²) in [5.41, 5.74) is 5.80. The first-order chi connectivity index (χ1) is 10.0. The van der Waals surface area contributed by atoms with Crippen molar-refractivity contribution in [2.45, 2.75) is 32.2 Å². The molecule has 1 saturated heterocycles. The van der Waals surface area contributed by atoms with Gasteiger partial charge in [0.25, 0.3) is 0 Å². The zero-order valence-electron chi connectivity index (χ0n) is 13.0. The summed E-state index contributed by atoms with van der Waals surface area (Å²) >= 11 is 1.34. The van der Waals surface area contributed by atoms with Gasteiger partial charge in [-0.05, 0) is 12.8 Å². The highest BCUT2D eigenvalue weighted by molar-refractivity contribution is 8.00. The first-order valence-electron chi connectivity index (χ1n) is 7.49. The topological polar surface area (TPSA) is 84.7 Å². The van der Waals surface area contributed by atoms with Crippen molar-refractivity contribution in [3.8, 4) is 0 Å². The van der Waals surface area contributed by atoms with E-state index in [9.17, 15) is 9.59 Å². The van der Waals surface area contributed by atoms with E-state index in [2.05, 4.69) is 5.32 Å². The number of hydrogen-bond acceptors (Lipinski definition) is 5. The molecule has 0 unspecified atom stereocenters. The van der Waals surface area contributed by atoms with Crippen LogP contribution in [0, 0.1) is 0 Å². The maximum Gasteiger partial charge on any atom is 0.232 e. The Bertz CT molecular complexity index is 342. The van der Waals surface area contributed by atoms with Gasteiger partial charge in [-0.3, -0.25) is 9.59 Å². The lowest BCUT2D eigenvalue weighted by Crippen LogP contribution is -2.49. The van der Waals surface area contributed by atoms with Crippen LogP contribution in [0.4, 0.5) is 0 Å². The predicted molar refractivity (Wildman–Crippen MR) is 85.2 cm³/mol. The fraction of sp³-hybridized carbons (Fsp3) is 0.857. The Hall–Kier alpha value is -0.790. The van der Waals surface area contributed by atoms with Crippen LogP contribution in [0.2, 0.25) is 0 Å². The summed E-state index contributed by atoms with van der Waals surface area (Å²) in [6.07, 6.45) is 1.65. The van der Waals surface area contributed by atoms with E-state index in [1.54, 1.807) is 4.90 Å². The molecule has 3 N–H and O–H groups in total. The molecule has 0 radical (unpaired) electrons. The van der Waals surface area contributed by atoms with E-state index in [0.717, 1.165) is 12.8 Å². The molecule has 0 aliphatic carbocycles. The number of hydrogen-bond donors (Lipinski definition) is 2. The lowest BCUT2D eigenvalue weighted by atomic mass is 9.94. The van der Waals surface area contributed by atoms with Gasteiger partial charge < -0.3 is 20.7 Å². The van der Waals surface area contributed by atoms with E-state index in [4.69, 9.17) is 10.5 Å². The molecule has 1 rings (SSSR count). The average Bonchev–Trinajstić information content (AvgIpc) is 2.53. The zero-order valence-corrected chi connectivity index (χ0v) is 13.8. The van der Waals surface area contributed by atoms with Gasteiger partial charge in [0.2, 0.25) is 11.8 Å². The van der Waals surface area contributed by atoms with E-state index in [-0.39, 0.29) is 17.4 Å². The molecule has 0 bridgehead atoms. The van der Waals surface area contributed by atoms with Crippen molar-refractivity contribution in [1.29, 1.82) is 0 Å². The average molecular weight is 317 g/mol. The number of morpholine rings is 1. The van der Waals surface area contributed by atoms with Crippen molar-refractivity contribution in [1.82, 2.24) is 10.2 Å². The normalized spacial score (nSPS) is 15.9. The van der Waals surface area contributed by atoms with E-state index in [1.807, 2.05) is 13.8 Å². The molecule has 1 fully saturated rings. The number of amides is 2. The summed E-state index contributed by atoms with van der Waals surface area (Å²) in [4.78, 5) is 25.4. The Morgan fingerprint density at radius 3 is 2.43 bits per heavy atom. The van der Waals surface area contributed by atoms with Crippen molar-refractivity contribution in [3.05, 3.63) is 0 Å². The largest absolute Gasteiger partial charge is 0.378 e. The number of thioether (sulfide) groups is 1. The van der Waals surface area contributed by atoms with Gasteiger partial charge >= 0.3 is 0 Å². The van der Waals surface area contributed by atoms with Crippen LogP contribution in [0.3, 0.4) is 0 Å². The van der Waals surface area contributed by atoms with Crippen molar-refractivity contribution in [3.63, 3.8) is 0 Å². The highest BCUT2D eigenvalue weighted by Crippen LogP contribution is 2.10. The lowest BCUT2D eigenvalue weighted by Gasteiger charge is -2.27. The second-order valence-corrected chi connectivity index (χ2v) is 6.32. The maximum atomic E-state index is 11.9. The molecule has 2 amide bonds. The third-order valence-electron chi connectivity index (χ3n) is 3.87. The highest BCUT2D eigenvalue weighted by atomic mass is 32.2. The van der Waals surface area contributed by atoms with Crippen LogP contribution >= 0.6 is 11.8 Å². The van der Waals surface area contributed by atoms with Gasteiger partial charge in [0.15, 0.2) is 0 Å². The molecule has 0 aromatic heterocycles. The number of carbonyl (C=O) groups is 2. The second-order valence-electron chi connectivity index (χ2n) is 5.33. The molecule has 1 aliphatic rings.